The van der Waals surface area contributed by atoms with Crippen molar-refractivity contribution in [1.29, 1.82) is 0 Å². The van der Waals surface area contributed by atoms with Gasteiger partial charge in [0.2, 0.25) is 0 Å². The Hall–Kier alpha value is -2.11. The van der Waals surface area contributed by atoms with Crippen LogP contribution in [0.5, 0.6) is 0 Å². The fraction of sp³-hybridized carbons (Fsp3) is 0.538. The van der Waals surface area contributed by atoms with Gasteiger partial charge in [0.05, 0.1) is 31.7 Å². The van der Waals surface area contributed by atoms with E-state index in [1.165, 1.54) is 13.3 Å². The van der Waals surface area contributed by atoms with Crippen molar-refractivity contribution in [2.45, 2.75) is 31.5 Å². The molecule has 2 aromatic heterocycles. The highest BCUT2D eigenvalue weighted by molar-refractivity contribution is 7.50. The molecule has 1 aliphatic rings. The fourth-order valence-corrected chi connectivity index (χ4v) is 3.70. The van der Waals surface area contributed by atoms with Crippen LogP contribution in [-0.2, 0) is 18.6 Å². The monoisotopic (exact) mass is 386 g/mol. The number of carbonyl (C=O) groups is 1. The molecule has 3 rings (SSSR count). The number of nitrogens with one attached hydrogen (secondary N) is 1. The summed E-state index contributed by atoms with van der Waals surface area (Å²) in [7, 11) is -4.25. The molecule has 1 aliphatic heterocycles. The standard InChI is InChI=1S/C13H19N6O6P/c1-7(13(20)21)18-26(22,23)25-4-9-2-8(3-24-9)19-6-17-10-11(14)15-5-16-12(10)19/h5-9H,2-4H2,1H3,(H,20,21)(H2,14,15,16)(H2,18,22,23)/t7?,8-,9-/m1/s1. The summed E-state index contributed by atoms with van der Waals surface area (Å²) in [6.07, 6.45) is 3.02. The van der Waals surface area contributed by atoms with Crippen molar-refractivity contribution in [3.63, 3.8) is 0 Å². The summed E-state index contributed by atoms with van der Waals surface area (Å²) in [5.74, 6) is -0.972. The number of carboxylic acids is 1. The number of hydrogen-bond donors (Lipinski definition) is 4. The van der Waals surface area contributed by atoms with Gasteiger partial charge in [0.25, 0.3) is 0 Å². The van der Waals surface area contributed by atoms with Gasteiger partial charge in [0, 0.05) is 0 Å². The first-order valence-corrected chi connectivity index (χ1v) is 9.37. The van der Waals surface area contributed by atoms with Gasteiger partial charge in [-0.05, 0) is 13.3 Å². The molecule has 2 aromatic rings. The lowest BCUT2D eigenvalue weighted by Crippen LogP contribution is -2.32. The third-order valence-corrected chi connectivity index (χ3v) is 5.22. The maximum atomic E-state index is 11.9. The highest BCUT2D eigenvalue weighted by Crippen LogP contribution is 2.39. The first-order valence-electron chi connectivity index (χ1n) is 7.79. The lowest BCUT2D eigenvalue weighted by Gasteiger charge is -2.18. The average molecular weight is 386 g/mol. The molecule has 0 aromatic carbocycles. The molecule has 0 radical (unpaired) electrons. The molecule has 0 spiro atoms. The minimum absolute atomic E-state index is 0.0909. The number of hydrogen-bond acceptors (Lipinski definition) is 8. The van der Waals surface area contributed by atoms with Crippen LogP contribution in [0.4, 0.5) is 5.82 Å². The number of nitrogen functional groups attached to an aromatic ring is 1. The number of fused-ring (bicyclic) bond motifs is 1. The van der Waals surface area contributed by atoms with Gasteiger partial charge in [0.1, 0.15) is 17.9 Å². The van der Waals surface area contributed by atoms with E-state index in [-0.39, 0.29) is 18.5 Å². The topological polar surface area (TPSA) is 175 Å². The number of imidazole rings is 1. The van der Waals surface area contributed by atoms with Crippen molar-refractivity contribution in [3.05, 3.63) is 12.7 Å². The SMILES string of the molecule is CC(NP(=O)(O)OC[C@H]1C[C@@H](n2cnc3c(N)ncnc32)CO1)C(=O)O. The van der Waals surface area contributed by atoms with Gasteiger partial charge in [-0.3, -0.25) is 9.32 Å². The smallest absolute Gasteiger partial charge is 0.403 e. The van der Waals surface area contributed by atoms with E-state index in [2.05, 4.69) is 15.0 Å². The van der Waals surface area contributed by atoms with Crippen molar-refractivity contribution >= 4 is 30.7 Å². The number of nitrogens with zero attached hydrogens (tertiary/aromatic N) is 4. The van der Waals surface area contributed by atoms with E-state index in [1.54, 1.807) is 6.33 Å². The quantitative estimate of drug-likeness (QED) is 0.468. The summed E-state index contributed by atoms with van der Waals surface area (Å²) in [6.45, 7) is 1.43. The predicted octanol–water partition coefficient (Wildman–Crippen LogP) is -0.0818. The second kappa shape index (κ2) is 7.25. The molecule has 0 aliphatic carbocycles. The minimum Gasteiger partial charge on any atom is -0.480 e. The van der Waals surface area contributed by atoms with Crippen LogP contribution in [0, 0.1) is 0 Å². The number of ether oxygens (including phenoxy) is 1. The summed E-state index contributed by atoms with van der Waals surface area (Å²) in [6, 6.07) is -1.31. The van der Waals surface area contributed by atoms with E-state index in [0.717, 1.165) is 0 Å². The zero-order valence-corrected chi connectivity index (χ0v) is 14.7. The van der Waals surface area contributed by atoms with Gasteiger partial charge in [-0.1, -0.05) is 0 Å². The molecule has 2 unspecified atom stereocenters. The van der Waals surface area contributed by atoms with Crippen molar-refractivity contribution < 1.29 is 28.6 Å². The van der Waals surface area contributed by atoms with E-state index >= 15 is 0 Å². The third-order valence-electron chi connectivity index (χ3n) is 4.00. The van der Waals surface area contributed by atoms with E-state index in [4.69, 9.17) is 20.1 Å². The molecule has 142 valence electrons. The number of aliphatic carboxylic acids is 1. The molecular formula is C13H19N6O6P. The van der Waals surface area contributed by atoms with Gasteiger partial charge >= 0.3 is 13.7 Å². The summed E-state index contributed by atoms with van der Waals surface area (Å²) in [4.78, 5) is 32.7. The summed E-state index contributed by atoms with van der Waals surface area (Å²) >= 11 is 0. The molecule has 1 saturated heterocycles. The van der Waals surface area contributed by atoms with Crippen molar-refractivity contribution in [1.82, 2.24) is 24.6 Å². The molecule has 12 nitrogen and oxygen atoms in total. The highest BCUT2D eigenvalue weighted by Gasteiger charge is 2.32. The zero-order valence-electron chi connectivity index (χ0n) is 13.8. The molecule has 0 bridgehead atoms. The maximum absolute atomic E-state index is 11.9. The van der Waals surface area contributed by atoms with Crippen LogP contribution in [-0.4, -0.2) is 60.8 Å². The van der Waals surface area contributed by atoms with Gasteiger partial charge in [-0.2, -0.15) is 0 Å². The van der Waals surface area contributed by atoms with Crippen molar-refractivity contribution in [3.8, 4) is 0 Å². The summed E-state index contributed by atoms with van der Waals surface area (Å²) < 4.78 is 24.2. The molecule has 4 atom stereocenters. The average Bonchev–Trinajstić information content (AvgIpc) is 3.19. The molecule has 13 heteroatoms. The van der Waals surface area contributed by atoms with E-state index in [9.17, 15) is 14.3 Å². The molecular weight excluding hydrogens is 367 g/mol. The molecule has 0 amide bonds. The summed E-state index contributed by atoms with van der Waals surface area (Å²) in [5.41, 5.74) is 6.85. The molecule has 1 fully saturated rings. The Kier molecular flexibility index (Phi) is 5.21. The van der Waals surface area contributed by atoms with Crippen LogP contribution >= 0.6 is 7.75 Å². The van der Waals surface area contributed by atoms with Crippen molar-refractivity contribution in [2.24, 2.45) is 0 Å². The van der Waals surface area contributed by atoms with Crippen LogP contribution in [0.3, 0.4) is 0 Å². The van der Waals surface area contributed by atoms with Crippen LogP contribution < -0.4 is 10.8 Å². The maximum Gasteiger partial charge on any atom is 0.403 e. The van der Waals surface area contributed by atoms with Gasteiger partial charge in [-0.25, -0.2) is 24.6 Å². The van der Waals surface area contributed by atoms with Crippen molar-refractivity contribution in [2.75, 3.05) is 18.9 Å². The number of anilines is 1. The summed E-state index contributed by atoms with van der Waals surface area (Å²) in [5, 5.41) is 10.8. The van der Waals surface area contributed by atoms with E-state index in [0.29, 0.717) is 24.2 Å². The Morgan fingerprint density at radius 2 is 2.35 bits per heavy atom. The van der Waals surface area contributed by atoms with Crippen LogP contribution in [0.15, 0.2) is 12.7 Å². The largest absolute Gasteiger partial charge is 0.480 e. The first kappa shape index (κ1) is 18.7. The fourth-order valence-electron chi connectivity index (χ4n) is 2.66. The second-order valence-electron chi connectivity index (χ2n) is 5.93. The lowest BCUT2D eigenvalue weighted by molar-refractivity contribution is -0.138. The second-order valence-corrected chi connectivity index (χ2v) is 7.49. The molecule has 26 heavy (non-hydrogen) atoms. The Balaban J connectivity index is 1.59. The van der Waals surface area contributed by atoms with Crippen LogP contribution in [0.1, 0.15) is 19.4 Å². The number of rotatable bonds is 7. The van der Waals surface area contributed by atoms with E-state index in [1.807, 2.05) is 9.65 Å². The molecule has 0 saturated carbocycles. The number of carboxylic acid groups (broad SMARTS) is 1. The Labute approximate surface area is 147 Å². The lowest BCUT2D eigenvalue weighted by atomic mass is 10.2. The third kappa shape index (κ3) is 4.00. The first-order chi connectivity index (χ1) is 12.3. The van der Waals surface area contributed by atoms with E-state index < -0.39 is 25.9 Å². The molecule has 5 N–H and O–H groups in total. The van der Waals surface area contributed by atoms with Gasteiger partial charge in [-0.15, -0.1) is 0 Å². The number of aromatic nitrogens is 4. The van der Waals surface area contributed by atoms with Gasteiger partial charge < -0.3 is 25.0 Å². The number of nitrogens with two attached hydrogens (primary N) is 1. The van der Waals surface area contributed by atoms with Gasteiger partial charge in [0.15, 0.2) is 11.5 Å². The molecule has 3 heterocycles. The highest BCUT2D eigenvalue weighted by atomic mass is 31.2. The van der Waals surface area contributed by atoms with Crippen LogP contribution in [0.2, 0.25) is 0 Å². The zero-order chi connectivity index (χ0) is 18.9. The Morgan fingerprint density at radius 1 is 1.58 bits per heavy atom. The predicted molar refractivity (Wildman–Crippen MR) is 89.1 cm³/mol. The Morgan fingerprint density at radius 3 is 3.08 bits per heavy atom. The minimum atomic E-state index is -4.25. The Bertz CT molecular complexity index is 859. The normalized spacial score (nSPS) is 23.8. The van der Waals surface area contributed by atoms with Crippen LogP contribution in [0.25, 0.3) is 11.2 Å².